The Hall–Kier alpha value is -1.21. The van der Waals surface area contributed by atoms with E-state index >= 15 is 0 Å². The molecule has 112 valence electrons. The van der Waals surface area contributed by atoms with Crippen LogP contribution in [-0.4, -0.2) is 7.11 Å². The third kappa shape index (κ3) is 1.97. The van der Waals surface area contributed by atoms with Crippen LogP contribution in [-0.2, 0) is 0 Å². The zero-order chi connectivity index (χ0) is 15.4. The molecule has 0 saturated heterocycles. The van der Waals surface area contributed by atoms with E-state index in [1.54, 1.807) is 7.11 Å². The number of halogens is 1. The van der Waals surface area contributed by atoms with Crippen LogP contribution in [0.1, 0.15) is 38.6 Å². The highest BCUT2D eigenvalue weighted by Crippen LogP contribution is 2.73. The van der Waals surface area contributed by atoms with Crippen LogP contribution < -0.4 is 4.74 Å². The van der Waals surface area contributed by atoms with Crippen molar-refractivity contribution in [2.45, 2.75) is 33.1 Å². The van der Waals surface area contributed by atoms with Crippen LogP contribution >= 0.6 is 11.6 Å². The van der Waals surface area contributed by atoms with Crippen molar-refractivity contribution in [1.29, 1.82) is 0 Å². The van der Waals surface area contributed by atoms with Gasteiger partial charge in [-0.2, -0.15) is 0 Å². The van der Waals surface area contributed by atoms with E-state index in [4.69, 9.17) is 16.3 Å². The summed E-state index contributed by atoms with van der Waals surface area (Å²) in [6.07, 6.45) is 0. The van der Waals surface area contributed by atoms with E-state index < -0.39 is 0 Å². The lowest BCUT2D eigenvalue weighted by atomic mass is 9.96. The lowest BCUT2D eigenvalue weighted by Gasteiger charge is -2.16. The molecule has 1 aliphatic carbocycles. The van der Waals surface area contributed by atoms with Crippen molar-refractivity contribution in [3.8, 4) is 5.75 Å². The van der Waals surface area contributed by atoms with E-state index in [0.717, 1.165) is 11.1 Å². The van der Waals surface area contributed by atoms with E-state index in [9.17, 15) is 0 Å². The van der Waals surface area contributed by atoms with Crippen LogP contribution in [0.2, 0.25) is 0 Å². The van der Waals surface area contributed by atoms with Crippen LogP contribution in [0, 0.1) is 16.7 Å². The van der Waals surface area contributed by atoms with Crippen LogP contribution in [0.25, 0.3) is 10.8 Å². The smallest absolute Gasteiger partial charge is 0.126 e. The molecule has 1 nitrogen and oxygen atoms in total. The van der Waals surface area contributed by atoms with Crippen molar-refractivity contribution in [2.75, 3.05) is 7.11 Å². The van der Waals surface area contributed by atoms with Gasteiger partial charge in [-0.15, -0.1) is 11.6 Å². The second kappa shape index (κ2) is 4.64. The number of fused-ring (bicyclic) bond motifs is 1. The molecular weight excluding hydrogens is 280 g/mol. The predicted molar refractivity (Wildman–Crippen MR) is 90.1 cm³/mol. The van der Waals surface area contributed by atoms with Gasteiger partial charge >= 0.3 is 0 Å². The topological polar surface area (TPSA) is 9.23 Å². The monoisotopic (exact) mass is 302 g/mol. The summed E-state index contributed by atoms with van der Waals surface area (Å²) in [7, 11) is 1.72. The third-order valence-corrected chi connectivity index (χ3v) is 6.35. The number of hydrogen-bond donors (Lipinski definition) is 0. The van der Waals surface area contributed by atoms with Crippen molar-refractivity contribution in [2.24, 2.45) is 16.7 Å². The molecule has 2 heteroatoms. The predicted octanol–water partition coefficient (Wildman–Crippen LogP) is 5.81. The van der Waals surface area contributed by atoms with Gasteiger partial charge < -0.3 is 4.74 Å². The Balaban J connectivity index is 2.10. The van der Waals surface area contributed by atoms with Gasteiger partial charge in [0.15, 0.2) is 0 Å². The van der Waals surface area contributed by atoms with Gasteiger partial charge in [0.05, 0.1) is 12.5 Å². The Labute approximate surface area is 132 Å². The number of alkyl halides is 1. The molecule has 3 rings (SSSR count). The molecule has 1 aliphatic rings. The van der Waals surface area contributed by atoms with E-state index in [2.05, 4.69) is 52.0 Å². The van der Waals surface area contributed by atoms with Gasteiger partial charge in [0.1, 0.15) is 5.75 Å². The molecule has 0 heterocycles. The van der Waals surface area contributed by atoms with Crippen molar-refractivity contribution in [3.05, 3.63) is 42.0 Å². The summed E-state index contributed by atoms with van der Waals surface area (Å²) in [5.74, 6) is 1.40. The van der Waals surface area contributed by atoms with E-state index in [0.29, 0.717) is 5.92 Å². The quantitative estimate of drug-likeness (QED) is 0.650. The first-order valence-corrected chi connectivity index (χ1v) is 7.95. The molecular formula is C19H23ClO. The number of hydrogen-bond acceptors (Lipinski definition) is 1. The van der Waals surface area contributed by atoms with Gasteiger partial charge in [-0.05, 0) is 33.8 Å². The molecule has 1 unspecified atom stereocenters. The summed E-state index contributed by atoms with van der Waals surface area (Å²) in [6.45, 7) is 9.27. The Kier molecular flexibility index (Phi) is 3.25. The third-order valence-electron chi connectivity index (χ3n) is 5.86. The molecule has 1 atom stereocenters. The molecule has 2 aromatic carbocycles. The second-order valence-corrected chi connectivity index (χ2v) is 7.70. The molecule has 0 bridgehead atoms. The van der Waals surface area contributed by atoms with Crippen LogP contribution in [0.15, 0.2) is 36.4 Å². The lowest BCUT2D eigenvalue weighted by Crippen LogP contribution is -2.01. The lowest BCUT2D eigenvalue weighted by molar-refractivity contribution is 0.419. The normalized spacial score (nSPS) is 21.2. The number of rotatable bonds is 3. The fraction of sp³-hybridized carbons (Fsp3) is 0.474. The minimum absolute atomic E-state index is 0.0332. The highest BCUT2D eigenvalue weighted by atomic mass is 35.5. The molecule has 0 aliphatic heterocycles. The van der Waals surface area contributed by atoms with Crippen LogP contribution in [0.3, 0.4) is 0 Å². The van der Waals surface area contributed by atoms with Crippen molar-refractivity contribution < 1.29 is 4.74 Å². The average molecular weight is 303 g/mol. The fourth-order valence-corrected chi connectivity index (χ4v) is 4.69. The largest absolute Gasteiger partial charge is 0.496 e. The highest BCUT2D eigenvalue weighted by molar-refractivity contribution is 6.22. The second-order valence-electron chi connectivity index (χ2n) is 7.23. The first kappa shape index (κ1) is 14.7. The SMILES string of the molecule is COc1ccc(C(Cl)C2C(C)(C)C2(C)C)c2ccccc12. The van der Waals surface area contributed by atoms with E-state index in [1.807, 2.05) is 12.1 Å². The fourth-order valence-electron chi connectivity index (χ4n) is 3.87. The minimum atomic E-state index is 0.0332. The van der Waals surface area contributed by atoms with Gasteiger partial charge in [0.25, 0.3) is 0 Å². The maximum atomic E-state index is 6.91. The molecule has 21 heavy (non-hydrogen) atoms. The Morgan fingerprint density at radius 1 is 0.952 bits per heavy atom. The Morgan fingerprint density at radius 3 is 2.05 bits per heavy atom. The maximum absolute atomic E-state index is 6.91. The summed E-state index contributed by atoms with van der Waals surface area (Å²) in [6, 6.07) is 12.5. The van der Waals surface area contributed by atoms with E-state index in [1.165, 1.54) is 10.9 Å². The van der Waals surface area contributed by atoms with Crippen LogP contribution in [0.4, 0.5) is 0 Å². The first-order valence-electron chi connectivity index (χ1n) is 7.52. The molecule has 1 saturated carbocycles. The zero-order valence-corrected chi connectivity index (χ0v) is 14.2. The molecule has 1 fully saturated rings. The summed E-state index contributed by atoms with van der Waals surface area (Å²) in [5, 5.41) is 2.38. The summed E-state index contributed by atoms with van der Waals surface area (Å²) in [5.41, 5.74) is 1.78. The van der Waals surface area contributed by atoms with Crippen molar-refractivity contribution >= 4 is 22.4 Å². The standard InChI is InChI=1S/C19H23ClO/c1-18(2)17(19(18,3)4)16(20)14-10-11-15(21-5)13-9-7-6-8-12(13)14/h6-11,16-17H,1-5H3. The Morgan fingerprint density at radius 2 is 1.52 bits per heavy atom. The molecule has 0 radical (unpaired) electrons. The summed E-state index contributed by atoms with van der Waals surface area (Å²) >= 11 is 6.91. The average Bonchev–Trinajstić information content (AvgIpc) is 2.86. The van der Waals surface area contributed by atoms with Crippen molar-refractivity contribution in [1.82, 2.24) is 0 Å². The zero-order valence-electron chi connectivity index (χ0n) is 13.4. The van der Waals surface area contributed by atoms with E-state index in [-0.39, 0.29) is 16.2 Å². The molecule has 0 aromatic heterocycles. The molecule has 0 N–H and O–H groups in total. The first-order chi connectivity index (χ1) is 9.82. The summed E-state index contributed by atoms with van der Waals surface area (Å²) < 4.78 is 5.48. The van der Waals surface area contributed by atoms with Crippen molar-refractivity contribution in [3.63, 3.8) is 0 Å². The number of benzene rings is 2. The van der Waals surface area contributed by atoms with Crippen LogP contribution in [0.5, 0.6) is 5.75 Å². The van der Waals surface area contributed by atoms with Gasteiger partial charge in [-0.1, -0.05) is 58.0 Å². The molecule has 0 spiro atoms. The highest BCUT2D eigenvalue weighted by Gasteiger charge is 2.67. The maximum Gasteiger partial charge on any atom is 0.126 e. The van der Waals surface area contributed by atoms with Gasteiger partial charge in [0, 0.05) is 5.39 Å². The molecule has 0 amide bonds. The number of ether oxygens (including phenoxy) is 1. The van der Waals surface area contributed by atoms with Gasteiger partial charge in [-0.3, -0.25) is 0 Å². The minimum Gasteiger partial charge on any atom is -0.496 e. The van der Waals surface area contributed by atoms with Gasteiger partial charge in [0.2, 0.25) is 0 Å². The number of methoxy groups -OCH3 is 1. The van der Waals surface area contributed by atoms with Gasteiger partial charge in [-0.25, -0.2) is 0 Å². The summed E-state index contributed by atoms with van der Waals surface area (Å²) in [4.78, 5) is 0. The molecule has 2 aromatic rings. The Bertz CT molecular complexity index is 673.